The number of ketones is 3. The minimum atomic E-state index is -1.05. The molecule has 116 valence electrons. The van der Waals surface area contributed by atoms with Crippen molar-refractivity contribution in [2.75, 3.05) is 0 Å². The third-order valence-electron chi connectivity index (χ3n) is 5.15. The third-order valence-corrected chi connectivity index (χ3v) is 5.15. The Kier molecular flexibility index (Phi) is 3.75. The fraction of sp³-hybridized carbons (Fsp3) is 0.526. The Labute approximate surface area is 131 Å². The molecule has 0 N–H and O–H groups in total. The topological polar surface area (TPSA) is 51.2 Å². The van der Waals surface area contributed by atoms with Crippen LogP contribution in [0.1, 0.15) is 67.4 Å². The molecule has 0 aromatic heterocycles. The number of hydrogen-bond donors (Lipinski definition) is 0. The van der Waals surface area contributed by atoms with Crippen molar-refractivity contribution in [3.05, 3.63) is 34.9 Å². The Morgan fingerprint density at radius 2 is 1.73 bits per heavy atom. The van der Waals surface area contributed by atoms with Crippen LogP contribution in [0, 0.1) is 5.92 Å². The highest BCUT2D eigenvalue weighted by Crippen LogP contribution is 2.38. The van der Waals surface area contributed by atoms with E-state index in [1.165, 1.54) is 5.56 Å². The summed E-state index contributed by atoms with van der Waals surface area (Å²) in [6, 6.07) is 5.75. The van der Waals surface area contributed by atoms with Crippen molar-refractivity contribution in [1.82, 2.24) is 0 Å². The van der Waals surface area contributed by atoms with Gasteiger partial charge in [-0.15, -0.1) is 0 Å². The summed E-state index contributed by atoms with van der Waals surface area (Å²) in [7, 11) is 0. The van der Waals surface area contributed by atoms with Gasteiger partial charge in [0.2, 0.25) is 0 Å². The molecular weight excluding hydrogens is 276 g/mol. The van der Waals surface area contributed by atoms with Crippen LogP contribution < -0.4 is 0 Å². The maximum absolute atomic E-state index is 12.9. The van der Waals surface area contributed by atoms with Gasteiger partial charge in [-0.25, -0.2) is 0 Å². The zero-order chi connectivity index (χ0) is 15.9. The van der Waals surface area contributed by atoms with Gasteiger partial charge in [-0.3, -0.25) is 14.4 Å². The molecule has 0 unspecified atom stereocenters. The minimum Gasteiger partial charge on any atom is -0.298 e. The Morgan fingerprint density at radius 1 is 1.05 bits per heavy atom. The molecule has 2 aliphatic carbocycles. The molecule has 1 fully saturated rings. The van der Waals surface area contributed by atoms with Gasteiger partial charge in [0.05, 0.1) is 0 Å². The van der Waals surface area contributed by atoms with Crippen molar-refractivity contribution < 1.29 is 14.4 Å². The Hall–Kier alpha value is -1.77. The van der Waals surface area contributed by atoms with E-state index in [1.807, 2.05) is 6.07 Å². The summed E-state index contributed by atoms with van der Waals surface area (Å²) >= 11 is 0. The second-order valence-corrected chi connectivity index (χ2v) is 7.15. The first-order valence-corrected chi connectivity index (χ1v) is 8.14. The quantitative estimate of drug-likeness (QED) is 0.621. The summed E-state index contributed by atoms with van der Waals surface area (Å²) in [5.74, 6) is -1.72. The van der Waals surface area contributed by atoms with Crippen LogP contribution in [0.15, 0.2) is 18.2 Å². The molecule has 0 atom stereocenters. The van der Waals surface area contributed by atoms with Crippen molar-refractivity contribution >= 4 is 17.3 Å². The number of carbonyl (C=O) groups is 3. The van der Waals surface area contributed by atoms with Gasteiger partial charge in [0.15, 0.2) is 17.3 Å². The van der Waals surface area contributed by atoms with E-state index in [2.05, 4.69) is 19.9 Å². The van der Waals surface area contributed by atoms with Crippen LogP contribution in [-0.2, 0) is 21.4 Å². The highest BCUT2D eigenvalue weighted by atomic mass is 16.2. The summed E-state index contributed by atoms with van der Waals surface area (Å²) in [5.41, 5.74) is 2.89. The number of hydrogen-bond acceptors (Lipinski definition) is 3. The molecule has 0 radical (unpaired) electrons. The molecule has 2 aliphatic rings. The van der Waals surface area contributed by atoms with Gasteiger partial charge in [0, 0.05) is 18.4 Å². The van der Waals surface area contributed by atoms with Crippen LogP contribution in [0.3, 0.4) is 0 Å². The first-order chi connectivity index (χ1) is 10.4. The molecule has 0 spiro atoms. The first-order valence-electron chi connectivity index (χ1n) is 8.14. The SMILES string of the molecule is CC1(C)CCCc2c(C(=O)C3C(=O)CCCC3=O)cccc21. The predicted octanol–water partition coefficient (Wildman–Crippen LogP) is 3.42. The summed E-state index contributed by atoms with van der Waals surface area (Å²) in [6.07, 6.45) is 4.28. The maximum Gasteiger partial charge on any atom is 0.181 e. The number of fused-ring (bicyclic) bond motifs is 1. The lowest BCUT2D eigenvalue weighted by molar-refractivity contribution is -0.133. The van der Waals surface area contributed by atoms with Gasteiger partial charge in [-0.05, 0) is 42.2 Å². The van der Waals surface area contributed by atoms with Crippen molar-refractivity contribution in [3.8, 4) is 0 Å². The molecular formula is C19H22O3. The zero-order valence-corrected chi connectivity index (χ0v) is 13.3. The molecule has 3 nitrogen and oxygen atoms in total. The lowest BCUT2D eigenvalue weighted by atomic mass is 9.70. The smallest absolute Gasteiger partial charge is 0.181 e. The molecule has 3 rings (SSSR count). The van der Waals surface area contributed by atoms with Gasteiger partial charge in [-0.1, -0.05) is 32.0 Å². The summed E-state index contributed by atoms with van der Waals surface area (Å²) in [5, 5.41) is 0. The molecule has 22 heavy (non-hydrogen) atoms. The number of benzene rings is 1. The molecule has 3 heteroatoms. The molecule has 1 aromatic carbocycles. The molecule has 0 aliphatic heterocycles. The maximum atomic E-state index is 12.9. The minimum absolute atomic E-state index is 0.0461. The van der Waals surface area contributed by atoms with Crippen LogP contribution in [0.5, 0.6) is 0 Å². The normalized spacial score (nSPS) is 21.5. The van der Waals surface area contributed by atoms with Gasteiger partial charge < -0.3 is 0 Å². The lowest BCUT2D eigenvalue weighted by Gasteiger charge is -2.34. The second kappa shape index (κ2) is 5.45. The van der Waals surface area contributed by atoms with Gasteiger partial charge in [-0.2, -0.15) is 0 Å². The second-order valence-electron chi connectivity index (χ2n) is 7.15. The predicted molar refractivity (Wildman–Crippen MR) is 84.1 cm³/mol. The first kappa shape index (κ1) is 15.1. The number of carbonyl (C=O) groups excluding carboxylic acids is 3. The van der Waals surface area contributed by atoms with Crippen LogP contribution in [0.25, 0.3) is 0 Å². The lowest BCUT2D eigenvalue weighted by Crippen LogP contribution is -2.36. The monoisotopic (exact) mass is 298 g/mol. The van der Waals surface area contributed by atoms with Crippen LogP contribution in [-0.4, -0.2) is 17.3 Å². The third kappa shape index (κ3) is 2.43. The van der Waals surface area contributed by atoms with Gasteiger partial charge in [0.1, 0.15) is 5.92 Å². The van der Waals surface area contributed by atoms with E-state index in [4.69, 9.17) is 0 Å². The summed E-state index contributed by atoms with van der Waals surface area (Å²) in [4.78, 5) is 37.0. The van der Waals surface area contributed by atoms with Crippen LogP contribution in [0.4, 0.5) is 0 Å². The summed E-state index contributed by atoms with van der Waals surface area (Å²) in [6.45, 7) is 4.38. The average Bonchev–Trinajstić information content (AvgIpc) is 2.46. The van der Waals surface area contributed by atoms with E-state index in [0.29, 0.717) is 24.8 Å². The number of Topliss-reactive ketones (excluding diaryl/α,β-unsaturated/α-hetero) is 3. The molecule has 0 saturated heterocycles. The Morgan fingerprint density at radius 3 is 2.41 bits per heavy atom. The van der Waals surface area contributed by atoms with Crippen molar-refractivity contribution in [3.63, 3.8) is 0 Å². The van der Waals surface area contributed by atoms with E-state index in [0.717, 1.165) is 24.8 Å². The van der Waals surface area contributed by atoms with E-state index in [9.17, 15) is 14.4 Å². The molecule has 0 heterocycles. The van der Waals surface area contributed by atoms with E-state index in [1.54, 1.807) is 6.07 Å². The van der Waals surface area contributed by atoms with E-state index < -0.39 is 5.92 Å². The highest BCUT2D eigenvalue weighted by molar-refractivity contribution is 6.25. The molecule has 1 saturated carbocycles. The van der Waals surface area contributed by atoms with Gasteiger partial charge in [0.25, 0.3) is 0 Å². The zero-order valence-electron chi connectivity index (χ0n) is 13.3. The number of rotatable bonds is 2. The standard InChI is InChI=1S/C19H22O3/c1-19(2)11-5-7-12-13(6-3-8-14(12)19)18(22)17-15(20)9-4-10-16(17)21/h3,6,8,17H,4-5,7,9-11H2,1-2H3. The Bertz CT molecular complexity index is 639. The highest BCUT2D eigenvalue weighted by Gasteiger charge is 2.38. The molecule has 1 aromatic rings. The van der Waals surface area contributed by atoms with Crippen LogP contribution >= 0.6 is 0 Å². The fourth-order valence-electron chi connectivity index (χ4n) is 3.92. The van der Waals surface area contributed by atoms with E-state index >= 15 is 0 Å². The fourth-order valence-corrected chi connectivity index (χ4v) is 3.92. The molecule has 0 amide bonds. The van der Waals surface area contributed by atoms with Crippen molar-refractivity contribution in [2.24, 2.45) is 5.92 Å². The average molecular weight is 298 g/mol. The van der Waals surface area contributed by atoms with E-state index in [-0.39, 0.29) is 22.8 Å². The summed E-state index contributed by atoms with van der Waals surface area (Å²) < 4.78 is 0. The van der Waals surface area contributed by atoms with Crippen molar-refractivity contribution in [1.29, 1.82) is 0 Å². The van der Waals surface area contributed by atoms with Crippen molar-refractivity contribution in [2.45, 2.75) is 57.8 Å². The van der Waals surface area contributed by atoms with Crippen LogP contribution in [0.2, 0.25) is 0 Å². The largest absolute Gasteiger partial charge is 0.298 e. The van der Waals surface area contributed by atoms with Gasteiger partial charge >= 0.3 is 0 Å². The Balaban J connectivity index is 2.04. The molecule has 0 bridgehead atoms.